The van der Waals surface area contributed by atoms with Gasteiger partial charge >= 0.3 is 0 Å². The molecule has 7 heteroatoms. The summed E-state index contributed by atoms with van der Waals surface area (Å²) in [4.78, 5) is 10.2. The van der Waals surface area contributed by atoms with Gasteiger partial charge < -0.3 is 0 Å². The van der Waals surface area contributed by atoms with E-state index in [9.17, 15) is 18.5 Å². The average Bonchev–Trinajstić information content (AvgIpc) is 2.39. The van der Waals surface area contributed by atoms with Crippen molar-refractivity contribution in [3.05, 3.63) is 33.9 Å². The lowest BCUT2D eigenvalue weighted by Gasteiger charge is -2.13. The van der Waals surface area contributed by atoms with E-state index in [-0.39, 0.29) is 16.5 Å². The Kier molecular flexibility index (Phi) is 5.64. The highest BCUT2D eigenvalue weighted by atomic mass is 32.2. The van der Waals surface area contributed by atoms with Crippen LogP contribution in [0.2, 0.25) is 0 Å². The van der Waals surface area contributed by atoms with E-state index in [4.69, 9.17) is 0 Å². The molecule has 112 valence electrons. The molecule has 0 radical (unpaired) electrons. The second-order valence-electron chi connectivity index (χ2n) is 4.74. The molecule has 0 heterocycles. The molecule has 0 aromatic heterocycles. The van der Waals surface area contributed by atoms with Crippen LogP contribution in [0.4, 0.5) is 5.69 Å². The average molecular weight is 300 g/mol. The van der Waals surface area contributed by atoms with E-state index >= 15 is 0 Å². The first-order chi connectivity index (χ1) is 9.31. The highest BCUT2D eigenvalue weighted by Gasteiger charge is 2.20. The number of benzene rings is 1. The quantitative estimate of drug-likeness (QED) is 0.619. The van der Waals surface area contributed by atoms with E-state index in [0.717, 1.165) is 18.9 Å². The van der Waals surface area contributed by atoms with Crippen LogP contribution in [0.15, 0.2) is 23.1 Å². The highest BCUT2D eigenvalue weighted by molar-refractivity contribution is 7.89. The van der Waals surface area contributed by atoms with Gasteiger partial charge in [-0.05, 0) is 18.9 Å². The van der Waals surface area contributed by atoms with E-state index < -0.39 is 14.9 Å². The van der Waals surface area contributed by atoms with E-state index in [1.165, 1.54) is 12.1 Å². The maximum atomic E-state index is 12.1. The second-order valence-corrected chi connectivity index (χ2v) is 6.51. The Morgan fingerprint density at radius 2 is 1.90 bits per heavy atom. The standard InChI is InChI=1S/C13H20N2O4S/c1-4-11(5-2)9-14-20(18,19)12-7-6-10(3)13(8-12)15(16)17/h6-8,11,14H,4-5,9H2,1-3H3. The highest BCUT2D eigenvalue weighted by Crippen LogP contribution is 2.22. The number of rotatable bonds is 7. The van der Waals surface area contributed by atoms with Gasteiger partial charge in [-0.2, -0.15) is 0 Å². The molecule has 1 rings (SSSR count). The molecule has 0 bridgehead atoms. The van der Waals surface area contributed by atoms with Crippen LogP contribution >= 0.6 is 0 Å². The molecule has 1 aromatic rings. The van der Waals surface area contributed by atoms with E-state index in [0.29, 0.717) is 12.1 Å². The molecule has 0 unspecified atom stereocenters. The number of hydrogen-bond donors (Lipinski definition) is 1. The number of sulfonamides is 1. The van der Waals surface area contributed by atoms with Crippen LogP contribution in [0.25, 0.3) is 0 Å². The minimum atomic E-state index is -3.70. The summed E-state index contributed by atoms with van der Waals surface area (Å²) in [6, 6.07) is 3.94. The molecule has 20 heavy (non-hydrogen) atoms. The number of nitrogens with zero attached hydrogens (tertiary/aromatic N) is 1. The third kappa shape index (κ3) is 4.01. The zero-order valence-electron chi connectivity index (χ0n) is 11.9. The van der Waals surface area contributed by atoms with Gasteiger partial charge in [0, 0.05) is 18.2 Å². The van der Waals surface area contributed by atoms with Gasteiger partial charge in [-0.1, -0.05) is 32.8 Å². The molecular weight excluding hydrogens is 280 g/mol. The summed E-state index contributed by atoms with van der Waals surface area (Å²) < 4.78 is 26.8. The number of nitro benzene ring substituents is 1. The zero-order chi connectivity index (χ0) is 15.3. The molecule has 0 atom stereocenters. The minimum absolute atomic E-state index is 0.0687. The molecule has 0 aliphatic heterocycles. The summed E-state index contributed by atoms with van der Waals surface area (Å²) in [6.07, 6.45) is 1.76. The fourth-order valence-electron chi connectivity index (χ4n) is 1.84. The Balaban J connectivity index is 2.98. The molecule has 6 nitrogen and oxygen atoms in total. The fraction of sp³-hybridized carbons (Fsp3) is 0.538. The van der Waals surface area contributed by atoms with Gasteiger partial charge in [0.05, 0.1) is 9.82 Å². The van der Waals surface area contributed by atoms with Crippen molar-refractivity contribution in [3.8, 4) is 0 Å². The van der Waals surface area contributed by atoms with Gasteiger partial charge in [0.2, 0.25) is 10.0 Å². The smallest absolute Gasteiger partial charge is 0.258 e. The molecule has 1 aromatic carbocycles. The predicted molar refractivity (Wildman–Crippen MR) is 77.1 cm³/mol. The van der Waals surface area contributed by atoms with Gasteiger partial charge in [0.25, 0.3) is 5.69 Å². The minimum Gasteiger partial charge on any atom is -0.258 e. The molecule has 0 saturated carbocycles. The Labute approximate surface area is 119 Å². The van der Waals surface area contributed by atoms with Gasteiger partial charge in [-0.25, -0.2) is 13.1 Å². The third-order valence-corrected chi connectivity index (χ3v) is 4.83. The first kappa shape index (κ1) is 16.6. The first-order valence-corrected chi connectivity index (χ1v) is 8.04. The monoisotopic (exact) mass is 300 g/mol. The van der Waals surface area contributed by atoms with Crippen molar-refractivity contribution in [2.75, 3.05) is 6.54 Å². The van der Waals surface area contributed by atoms with E-state index in [2.05, 4.69) is 4.72 Å². The Hall–Kier alpha value is -1.47. The summed E-state index contributed by atoms with van der Waals surface area (Å²) in [6.45, 7) is 5.92. The lowest BCUT2D eigenvalue weighted by molar-refractivity contribution is -0.385. The Bertz CT molecular complexity index is 580. The molecule has 0 amide bonds. The van der Waals surface area contributed by atoms with E-state index in [1.807, 2.05) is 13.8 Å². The van der Waals surface area contributed by atoms with Crippen molar-refractivity contribution in [2.24, 2.45) is 5.92 Å². The van der Waals surface area contributed by atoms with Gasteiger partial charge in [-0.3, -0.25) is 10.1 Å². The number of nitro groups is 1. The van der Waals surface area contributed by atoms with Gasteiger partial charge in [0.15, 0.2) is 0 Å². The summed E-state index contributed by atoms with van der Waals surface area (Å²) >= 11 is 0. The summed E-state index contributed by atoms with van der Waals surface area (Å²) in [5, 5.41) is 10.9. The fourth-order valence-corrected chi connectivity index (χ4v) is 2.98. The molecule has 0 aliphatic carbocycles. The van der Waals surface area contributed by atoms with Crippen LogP contribution in [0.1, 0.15) is 32.3 Å². The van der Waals surface area contributed by atoms with Crippen LogP contribution in [-0.2, 0) is 10.0 Å². The van der Waals surface area contributed by atoms with Crippen LogP contribution in [0.3, 0.4) is 0 Å². The van der Waals surface area contributed by atoms with Crippen LogP contribution in [0, 0.1) is 23.0 Å². The lowest BCUT2D eigenvalue weighted by atomic mass is 10.0. The van der Waals surface area contributed by atoms with Crippen LogP contribution in [-0.4, -0.2) is 19.9 Å². The largest absolute Gasteiger partial charge is 0.273 e. The Morgan fingerprint density at radius 3 is 2.40 bits per heavy atom. The van der Waals surface area contributed by atoms with Crippen molar-refractivity contribution in [1.29, 1.82) is 0 Å². The molecule has 0 fully saturated rings. The number of nitrogens with one attached hydrogen (secondary N) is 1. The molecule has 0 saturated heterocycles. The van der Waals surface area contributed by atoms with Crippen molar-refractivity contribution < 1.29 is 13.3 Å². The van der Waals surface area contributed by atoms with Crippen LogP contribution < -0.4 is 4.72 Å². The van der Waals surface area contributed by atoms with Crippen molar-refractivity contribution in [3.63, 3.8) is 0 Å². The lowest BCUT2D eigenvalue weighted by Crippen LogP contribution is -2.29. The number of hydrogen-bond acceptors (Lipinski definition) is 4. The predicted octanol–water partition coefficient (Wildman–Crippen LogP) is 2.62. The first-order valence-electron chi connectivity index (χ1n) is 6.56. The molecule has 0 spiro atoms. The van der Waals surface area contributed by atoms with Crippen molar-refractivity contribution in [1.82, 2.24) is 4.72 Å². The topological polar surface area (TPSA) is 89.3 Å². The second kappa shape index (κ2) is 6.81. The third-order valence-electron chi connectivity index (χ3n) is 3.40. The van der Waals surface area contributed by atoms with Crippen molar-refractivity contribution in [2.45, 2.75) is 38.5 Å². The molecule has 1 N–H and O–H groups in total. The summed E-state index contributed by atoms with van der Waals surface area (Å²) in [5.74, 6) is 0.269. The van der Waals surface area contributed by atoms with E-state index in [1.54, 1.807) is 6.92 Å². The normalized spacial score (nSPS) is 11.8. The number of aryl methyl sites for hydroxylation is 1. The van der Waals surface area contributed by atoms with Gasteiger partial charge in [-0.15, -0.1) is 0 Å². The Morgan fingerprint density at radius 1 is 1.30 bits per heavy atom. The maximum Gasteiger partial charge on any atom is 0.273 e. The maximum absolute atomic E-state index is 12.1. The summed E-state index contributed by atoms with van der Waals surface area (Å²) in [5.41, 5.74) is 0.254. The summed E-state index contributed by atoms with van der Waals surface area (Å²) in [7, 11) is -3.70. The van der Waals surface area contributed by atoms with Crippen molar-refractivity contribution >= 4 is 15.7 Å². The molecular formula is C13H20N2O4S. The van der Waals surface area contributed by atoms with Crippen LogP contribution in [0.5, 0.6) is 0 Å². The van der Waals surface area contributed by atoms with Gasteiger partial charge in [0.1, 0.15) is 0 Å². The molecule has 0 aliphatic rings. The SMILES string of the molecule is CCC(CC)CNS(=O)(=O)c1ccc(C)c([N+](=O)[O-])c1. The zero-order valence-corrected chi connectivity index (χ0v) is 12.7.